The van der Waals surface area contributed by atoms with E-state index in [0.717, 1.165) is 16.5 Å². The van der Waals surface area contributed by atoms with Crippen LogP contribution >= 0.6 is 34.7 Å². The molecule has 1 atom stereocenters. The number of nitrogens with zero attached hydrogens (tertiary/aromatic N) is 1. The molecule has 2 heterocycles. The van der Waals surface area contributed by atoms with Gasteiger partial charge in [0.05, 0.1) is 11.1 Å². The molecule has 3 nitrogen and oxygen atoms in total. The number of amides is 2. The molecule has 1 aromatic heterocycles. The third-order valence-electron chi connectivity index (χ3n) is 3.38. The standard InChI is InChI=1S/C14H12ClNO2S2/c1-2-8-7-19-14(18)16(8)13(17)12-11(15)9-5-3-4-6-10(9)20-12/h3-6,8H,2,7H2,1H3/t8-/m0/s1. The third kappa shape index (κ3) is 2.14. The Bertz CT molecular complexity index is 698. The highest BCUT2D eigenvalue weighted by Gasteiger charge is 2.37. The second-order valence-corrected chi connectivity index (χ2v) is 6.96. The van der Waals surface area contributed by atoms with E-state index in [9.17, 15) is 9.59 Å². The second-order valence-electron chi connectivity index (χ2n) is 4.56. The van der Waals surface area contributed by atoms with Gasteiger partial charge in [-0.05, 0) is 12.5 Å². The number of rotatable bonds is 2. The molecule has 2 aromatic rings. The molecule has 0 N–H and O–H groups in total. The van der Waals surface area contributed by atoms with Crippen molar-refractivity contribution >= 4 is 55.9 Å². The Morgan fingerprint density at radius 3 is 2.90 bits per heavy atom. The van der Waals surface area contributed by atoms with Crippen LogP contribution in [0, 0.1) is 0 Å². The summed E-state index contributed by atoms with van der Waals surface area (Å²) < 4.78 is 0.966. The van der Waals surface area contributed by atoms with Gasteiger partial charge >= 0.3 is 0 Å². The minimum atomic E-state index is -0.266. The Morgan fingerprint density at radius 2 is 2.20 bits per heavy atom. The van der Waals surface area contributed by atoms with Crippen LogP contribution in [-0.4, -0.2) is 27.8 Å². The first-order valence-corrected chi connectivity index (χ1v) is 8.48. The van der Waals surface area contributed by atoms with E-state index in [1.54, 1.807) is 0 Å². The van der Waals surface area contributed by atoms with Crippen molar-refractivity contribution in [1.82, 2.24) is 4.90 Å². The number of carbonyl (C=O) groups is 2. The van der Waals surface area contributed by atoms with Crippen molar-refractivity contribution in [2.75, 3.05) is 5.75 Å². The van der Waals surface area contributed by atoms with Crippen LogP contribution < -0.4 is 0 Å². The van der Waals surface area contributed by atoms with Crippen molar-refractivity contribution in [1.29, 1.82) is 0 Å². The zero-order valence-corrected chi connectivity index (χ0v) is 13.1. The Labute approximate surface area is 129 Å². The number of carbonyl (C=O) groups excluding carboxylic acids is 2. The van der Waals surface area contributed by atoms with Crippen molar-refractivity contribution in [2.24, 2.45) is 0 Å². The maximum Gasteiger partial charge on any atom is 0.288 e. The summed E-state index contributed by atoms with van der Waals surface area (Å²) in [4.78, 5) is 26.4. The Morgan fingerprint density at radius 1 is 1.45 bits per heavy atom. The minimum Gasteiger partial charge on any atom is -0.268 e. The number of hydrogen-bond donors (Lipinski definition) is 0. The number of thiophene rings is 1. The summed E-state index contributed by atoms with van der Waals surface area (Å²) in [5.41, 5.74) is 0. The number of hydrogen-bond acceptors (Lipinski definition) is 4. The summed E-state index contributed by atoms with van der Waals surface area (Å²) >= 11 is 8.86. The largest absolute Gasteiger partial charge is 0.288 e. The number of thioether (sulfide) groups is 1. The quantitative estimate of drug-likeness (QED) is 0.807. The molecule has 1 aliphatic rings. The molecular weight excluding hydrogens is 314 g/mol. The summed E-state index contributed by atoms with van der Waals surface area (Å²) in [5.74, 6) is 0.405. The molecule has 0 aliphatic carbocycles. The van der Waals surface area contributed by atoms with Crippen LogP contribution in [0.4, 0.5) is 4.79 Å². The lowest BCUT2D eigenvalue weighted by Gasteiger charge is -2.19. The molecule has 0 spiro atoms. The van der Waals surface area contributed by atoms with Crippen LogP contribution in [-0.2, 0) is 0 Å². The maximum absolute atomic E-state index is 12.6. The van der Waals surface area contributed by atoms with Crippen LogP contribution in [0.5, 0.6) is 0 Å². The molecule has 6 heteroatoms. The van der Waals surface area contributed by atoms with Crippen molar-refractivity contribution in [3.05, 3.63) is 34.2 Å². The maximum atomic E-state index is 12.6. The summed E-state index contributed by atoms with van der Waals surface area (Å²) in [6.45, 7) is 1.98. The minimum absolute atomic E-state index is 0.0266. The van der Waals surface area contributed by atoms with Gasteiger partial charge in [-0.15, -0.1) is 11.3 Å². The lowest BCUT2D eigenvalue weighted by atomic mass is 10.2. The van der Waals surface area contributed by atoms with Crippen LogP contribution in [0.1, 0.15) is 23.0 Å². The van der Waals surface area contributed by atoms with Crippen molar-refractivity contribution in [3.63, 3.8) is 0 Å². The topological polar surface area (TPSA) is 37.4 Å². The molecule has 0 saturated carbocycles. The fraction of sp³-hybridized carbons (Fsp3) is 0.286. The molecule has 1 aliphatic heterocycles. The fourth-order valence-corrected chi connectivity index (χ4v) is 4.81. The van der Waals surface area contributed by atoms with E-state index in [1.807, 2.05) is 31.2 Å². The lowest BCUT2D eigenvalue weighted by Crippen LogP contribution is -2.38. The molecular formula is C14H12ClNO2S2. The molecule has 20 heavy (non-hydrogen) atoms. The molecule has 104 valence electrons. The van der Waals surface area contributed by atoms with E-state index in [-0.39, 0.29) is 17.2 Å². The zero-order valence-electron chi connectivity index (χ0n) is 10.8. The number of benzene rings is 1. The van der Waals surface area contributed by atoms with Gasteiger partial charge in [0.15, 0.2) is 0 Å². The van der Waals surface area contributed by atoms with E-state index < -0.39 is 0 Å². The van der Waals surface area contributed by atoms with Gasteiger partial charge < -0.3 is 0 Å². The first-order valence-electron chi connectivity index (χ1n) is 6.30. The summed E-state index contributed by atoms with van der Waals surface area (Å²) in [6, 6.07) is 7.60. The van der Waals surface area contributed by atoms with E-state index in [2.05, 4.69) is 0 Å². The molecule has 0 radical (unpaired) electrons. The SMILES string of the molecule is CC[C@H]1CSC(=O)N1C(=O)c1sc2ccccc2c1Cl. The van der Waals surface area contributed by atoms with Crippen LogP contribution in [0.2, 0.25) is 5.02 Å². The van der Waals surface area contributed by atoms with Gasteiger partial charge in [-0.1, -0.05) is 48.5 Å². The van der Waals surface area contributed by atoms with Crippen LogP contribution in [0.25, 0.3) is 10.1 Å². The highest BCUT2D eigenvalue weighted by molar-refractivity contribution is 8.14. The van der Waals surface area contributed by atoms with Gasteiger partial charge in [-0.2, -0.15) is 0 Å². The predicted octanol–water partition coefficient (Wildman–Crippen LogP) is 4.64. The van der Waals surface area contributed by atoms with Gasteiger partial charge in [0.2, 0.25) is 0 Å². The van der Waals surface area contributed by atoms with Gasteiger partial charge in [0.1, 0.15) is 4.88 Å². The monoisotopic (exact) mass is 325 g/mol. The lowest BCUT2D eigenvalue weighted by molar-refractivity contribution is 0.0790. The Kier molecular flexibility index (Phi) is 3.75. The Hall–Kier alpha value is -1.04. The first-order chi connectivity index (χ1) is 9.63. The average molecular weight is 326 g/mol. The molecule has 1 saturated heterocycles. The molecule has 0 unspecified atom stereocenters. The average Bonchev–Trinajstić information content (AvgIpc) is 2.99. The first kappa shape index (κ1) is 13.9. The molecule has 2 amide bonds. The summed E-state index contributed by atoms with van der Waals surface area (Å²) in [7, 11) is 0. The normalized spacial score (nSPS) is 19.0. The smallest absolute Gasteiger partial charge is 0.268 e. The Balaban J connectivity index is 2.04. The molecule has 1 aromatic carbocycles. The summed E-state index contributed by atoms with van der Waals surface area (Å²) in [5, 5.41) is 1.15. The van der Waals surface area contributed by atoms with Gasteiger partial charge in [-0.3, -0.25) is 14.5 Å². The number of fused-ring (bicyclic) bond motifs is 1. The third-order valence-corrected chi connectivity index (χ3v) is 6.04. The number of imide groups is 1. The van der Waals surface area contributed by atoms with Crippen LogP contribution in [0.15, 0.2) is 24.3 Å². The fourth-order valence-electron chi connectivity index (χ4n) is 2.27. The van der Waals surface area contributed by atoms with E-state index in [4.69, 9.17) is 11.6 Å². The molecule has 0 bridgehead atoms. The molecule has 3 rings (SSSR count). The molecule has 1 fully saturated rings. The van der Waals surface area contributed by atoms with Gasteiger partial charge in [0.25, 0.3) is 11.1 Å². The predicted molar refractivity (Wildman–Crippen MR) is 84.9 cm³/mol. The van der Waals surface area contributed by atoms with Gasteiger partial charge in [0, 0.05) is 15.8 Å². The zero-order chi connectivity index (χ0) is 14.3. The second kappa shape index (κ2) is 5.39. The van der Waals surface area contributed by atoms with E-state index in [0.29, 0.717) is 15.7 Å². The highest BCUT2D eigenvalue weighted by Crippen LogP contribution is 2.38. The van der Waals surface area contributed by atoms with E-state index >= 15 is 0 Å². The highest BCUT2D eigenvalue weighted by atomic mass is 35.5. The number of halogens is 1. The van der Waals surface area contributed by atoms with E-state index in [1.165, 1.54) is 28.0 Å². The van der Waals surface area contributed by atoms with Crippen molar-refractivity contribution in [2.45, 2.75) is 19.4 Å². The van der Waals surface area contributed by atoms with Crippen molar-refractivity contribution in [3.8, 4) is 0 Å². The van der Waals surface area contributed by atoms with Crippen molar-refractivity contribution < 1.29 is 9.59 Å². The summed E-state index contributed by atoms with van der Waals surface area (Å²) in [6.07, 6.45) is 0.771. The van der Waals surface area contributed by atoms with Crippen LogP contribution in [0.3, 0.4) is 0 Å². The van der Waals surface area contributed by atoms with Gasteiger partial charge in [-0.25, -0.2) is 0 Å².